The smallest absolute Gasteiger partial charge is 0.126 e. The molecule has 0 saturated carbocycles. The Morgan fingerprint density at radius 2 is 2.25 bits per heavy atom. The second kappa shape index (κ2) is 5.19. The lowest BCUT2D eigenvalue weighted by atomic mass is 9.99. The van der Waals surface area contributed by atoms with Crippen molar-refractivity contribution in [2.45, 2.75) is 37.5 Å². The molecule has 3 heteroatoms. The first-order chi connectivity index (χ1) is 7.68. The molecule has 1 aromatic carbocycles. The number of hydrogen-bond acceptors (Lipinski definition) is 2. The molecule has 1 aliphatic rings. The highest BCUT2D eigenvalue weighted by molar-refractivity contribution is 8.00. The van der Waals surface area contributed by atoms with E-state index in [0.29, 0.717) is 10.8 Å². The molecule has 1 nitrogen and oxygen atoms in total. The van der Waals surface area contributed by atoms with Crippen LogP contribution in [0, 0.1) is 12.7 Å². The van der Waals surface area contributed by atoms with Gasteiger partial charge in [-0.1, -0.05) is 18.6 Å². The van der Waals surface area contributed by atoms with E-state index in [4.69, 9.17) is 5.73 Å². The van der Waals surface area contributed by atoms with Crippen LogP contribution in [0.15, 0.2) is 18.2 Å². The molecule has 0 aliphatic carbocycles. The van der Waals surface area contributed by atoms with Gasteiger partial charge in [-0.25, -0.2) is 4.39 Å². The fourth-order valence-electron chi connectivity index (χ4n) is 2.08. The SMILES string of the molecule is Cc1ccc(C(N)C2CCCCS2)cc1F. The molecule has 0 radical (unpaired) electrons. The van der Waals surface area contributed by atoms with E-state index in [9.17, 15) is 4.39 Å². The molecular formula is C13H18FNS. The third kappa shape index (κ3) is 2.58. The summed E-state index contributed by atoms with van der Waals surface area (Å²) in [5.41, 5.74) is 7.82. The first-order valence-electron chi connectivity index (χ1n) is 5.81. The Labute approximate surface area is 101 Å². The lowest BCUT2D eigenvalue weighted by Crippen LogP contribution is -2.26. The number of rotatable bonds is 2. The summed E-state index contributed by atoms with van der Waals surface area (Å²) in [6.45, 7) is 1.78. The Kier molecular flexibility index (Phi) is 3.87. The lowest BCUT2D eigenvalue weighted by molar-refractivity contribution is 0.572. The summed E-state index contributed by atoms with van der Waals surface area (Å²) in [5.74, 6) is 1.04. The Hall–Kier alpha value is -0.540. The number of benzene rings is 1. The molecule has 2 unspecified atom stereocenters. The van der Waals surface area contributed by atoms with Crippen molar-refractivity contribution >= 4 is 11.8 Å². The Bertz CT molecular complexity index is 361. The highest BCUT2D eigenvalue weighted by atomic mass is 32.2. The second-order valence-electron chi connectivity index (χ2n) is 4.44. The van der Waals surface area contributed by atoms with Gasteiger partial charge < -0.3 is 5.73 Å². The van der Waals surface area contributed by atoms with Crippen molar-refractivity contribution in [1.29, 1.82) is 0 Å². The molecule has 1 fully saturated rings. The summed E-state index contributed by atoms with van der Waals surface area (Å²) in [5, 5.41) is 0.454. The average molecular weight is 239 g/mol. The van der Waals surface area contributed by atoms with Gasteiger partial charge in [0.1, 0.15) is 5.82 Å². The monoisotopic (exact) mass is 239 g/mol. The summed E-state index contributed by atoms with van der Waals surface area (Å²) in [6, 6.07) is 5.34. The van der Waals surface area contributed by atoms with E-state index in [1.807, 2.05) is 23.9 Å². The van der Waals surface area contributed by atoms with Crippen LogP contribution in [0.1, 0.15) is 36.4 Å². The van der Waals surface area contributed by atoms with Gasteiger partial charge in [0.15, 0.2) is 0 Å². The maximum Gasteiger partial charge on any atom is 0.126 e. The van der Waals surface area contributed by atoms with Crippen molar-refractivity contribution in [2.24, 2.45) is 5.73 Å². The molecule has 1 aliphatic heterocycles. The molecule has 0 spiro atoms. The van der Waals surface area contributed by atoms with Gasteiger partial charge in [-0.05, 0) is 42.7 Å². The van der Waals surface area contributed by atoms with Gasteiger partial charge in [-0.3, -0.25) is 0 Å². The maximum atomic E-state index is 13.4. The van der Waals surface area contributed by atoms with Crippen LogP contribution in [0.5, 0.6) is 0 Å². The van der Waals surface area contributed by atoms with Gasteiger partial charge in [-0.2, -0.15) is 11.8 Å². The third-order valence-corrected chi connectivity index (χ3v) is 4.68. The molecule has 2 rings (SSSR count). The molecule has 1 aromatic rings. The fraction of sp³-hybridized carbons (Fsp3) is 0.538. The predicted molar refractivity (Wildman–Crippen MR) is 68.2 cm³/mol. The van der Waals surface area contributed by atoms with E-state index >= 15 is 0 Å². The molecule has 0 bridgehead atoms. The molecule has 0 amide bonds. The fourth-order valence-corrected chi connectivity index (χ4v) is 3.45. The van der Waals surface area contributed by atoms with E-state index in [1.165, 1.54) is 18.6 Å². The molecule has 2 N–H and O–H groups in total. The highest BCUT2D eigenvalue weighted by Crippen LogP contribution is 2.33. The van der Waals surface area contributed by atoms with Gasteiger partial charge in [0.05, 0.1) is 0 Å². The van der Waals surface area contributed by atoms with E-state index in [2.05, 4.69) is 0 Å². The number of aryl methyl sites for hydroxylation is 1. The Balaban J connectivity index is 2.12. The normalized spacial score (nSPS) is 23.1. The zero-order valence-electron chi connectivity index (χ0n) is 9.58. The van der Waals surface area contributed by atoms with E-state index < -0.39 is 0 Å². The summed E-state index contributed by atoms with van der Waals surface area (Å²) in [4.78, 5) is 0. The van der Waals surface area contributed by atoms with Crippen LogP contribution in [-0.2, 0) is 0 Å². The first-order valence-corrected chi connectivity index (χ1v) is 6.86. The third-order valence-electron chi connectivity index (χ3n) is 3.20. The van der Waals surface area contributed by atoms with Crippen molar-refractivity contribution in [2.75, 3.05) is 5.75 Å². The summed E-state index contributed by atoms with van der Waals surface area (Å²) in [7, 11) is 0. The van der Waals surface area contributed by atoms with Crippen LogP contribution in [0.25, 0.3) is 0 Å². The summed E-state index contributed by atoms with van der Waals surface area (Å²) in [6.07, 6.45) is 3.69. The van der Waals surface area contributed by atoms with Gasteiger partial charge in [-0.15, -0.1) is 0 Å². The zero-order chi connectivity index (χ0) is 11.5. The van der Waals surface area contributed by atoms with Crippen LogP contribution in [-0.4, -0.2) is 11.0 Å². The molecule has 88 valence electrons. The van der Waals surface area contributed by atoms with Crippen molar-refractivity contribution in [1.82, 2.24) is 0 Å². The quantitative estimate of drug-likeness (QED) is 0.855. The van der Waals surface area contributed by atoms with Crippen molar-refractivity contribution in [3.8, 4) is 0 Å². The van der Waals surface area contributed by atoms with Crippen LogP contribution in [0.2, 0.25) is 0 Å². The van der Waals surface area contributed by atoms with E-state index in [1.54, 1.807) is 13.0 Å². The number of nitrogens with two attached hydrogens (primary N) is 1. The molecule has 0 aromatic heterocycles. The van der Waals surface area contributed by atoms with Gasteiger partial charge in [0.2, 0.25) is 0 Å². The standard InChI is InChI=1S/C13H18FNS/c1-9-5-6-10(8-11(9)14)13(15)12-4-2-3-7-16-12/h5-6,8,12-13H,2-4,7,15H2,1H3. The van der Waals surface area contributed by atoms with Crippen molar-refractivity contribution in [3.05, 3.63) is 35.1 Å². The topological polar surface area (TPSA) is 26.0 Å². The van der Waals surface area contributed by atoms with E-state index in [-0.39, 0.29) is 11.9 Å². The highest BCUT2D eigenvalue weighted by Gasteiger charge is 2.22. The molecule has 2 atom stereocenters. The van der Waals surface area contributed by atoms with Crippen LogP contribution in [0.3, 0.4) is 0 Å². The Morgan fingerprint density at radius 1 is 1.44 bits per heavy atom. The summed E-state index contributed by atoms with van der Waals surface area (Å²) >= 11 is 1.93. The minimum absolute atomic E-state index is 0.0274. The van der Waals surface area contributed by atoms with Crippen LogP contribution >= 0.6 is 11.8 Å². The largest absolute Gasteiger partial charge is 0.323 e. The van der Waals surface area contributed by atoms with E-state index in [0.717, 1.165) is 12.0 Å². The minimum atomic E-state index is -0.145. The number of thioether (sulfide) groups is 1. The number of halogens is 1. The van der Waals surface area contributed by atoms with Crippen molar-refractivity contribution in [3.63, 3.8) is 0 Å². The van der Waals surface area contributed by atoms with Gasteiger partial charge >= 0.3 is 0 Å². The zero-order valence-corrected chi connectivity index (χ0v) is 10.4. The molecule has 1 heterocycles. The summed E-state index contributed by atoms with van der Waals surface area (Å²) < 4.78 is 13.4. The van der Waals surface area contributed by atoms with Crippen molar-refractivity contribution < 1.29 is 4.39 Å². The molecular weight excluding hydrogens is 221 g/mol. The minimum Gasteiger partial charge on any atom is -0.323 e. The molecule has 1 saturated heterocycles. The number of hydrogen-bond donors (Lipinski definition) is 1. The average Bonchev–Trinajstić information content (AvgIpc) is 2.33. The lowest BCUT2D eigenvalue weighted by Gasteiger charge is -2.27. The Morgan fingerprint density at radius 3 is 2.88 bits per heavy atom. The molecule has 16 heavy (non-hydrogen) atoms. The van der Waals surface area contributed by atoms with Crippen LogP contribution < -0.4 is 5.73 Å². The first kappa shape index (κ1) is 11.9. The van der Waals surface area contributed by atoms with Gasteiger partial charge in [0, 0.05) is 11.3 Å². The van der Waals surface area contributed by atoms with Crippen LogP contribution in [0.4, 0.5) is 4.39 Å². The predicted octanol–water partition coefficient (Wildman–Crippen LogP) is 3.42. The maximum absolute atomic E-state index is 13.4. The second-order valence-corrected chi connectivity index (χ2v) is 5.79. The van der Waals surface area contributed by atoms with Gasteiger partial charge in [0.25, 0.3) is 0 Å².